The summed E-state index contributed by atoms with van der Waals surface area (Å²) in [7, 11) is 0. The number of imide groups is 1. The molecule has 1 N–H and O–H groups in total. The van der Waals surface area contributed by atoms with E-state index in [1.807, 2.05) is 36.4 Å². The van der Waals surface area contributed by atoms with E-state index in [0.717, 1.165) is 10.8 Å². The predicted molar refractivity (Wildman–Crippen MR) is 69.4 cm³/mol. The van der Waals surface area contributed by atoms with Gasteiger partial charge in [-0.15, -0.1) is 0 Å². The Balaban J connectivity index is 2.21. The van der Waals surface area contributed by atoms with Crippen LogP contribution < -0.4 is 10.2 Å². The Bertz CT molecular complexity index is 646. The maximum atomic E-state index is 12.0. The topological polar surface area (TPSA) is 49.4 Å². The first-order chi connectivity index (χ1) is 8.68. The van der Waals surface area contributed by atoms with Crippen molar-refractivity contribution < 1.29 is 9.59 Å². The zero-order chi connectivity index (χ0) is 12.7. The van der Waals surface area contributed by atoms with Gasteiger partial charge in [0.1, 0.15) is 6.04 Å². The number of urea groups is 1. The third kappa shape index (κ3) is 1.46. The molecule has 0 aliphatic carbocycles. The number of fused-ring (bicyclic) bond motifs is 1. The highest BCUT2D eigenvalue weighted by molar-refractivity contribution is 6.24. The van der Waals surface area contributed by atoms with E-state index in [1.165, 1.54) is 4.90 Å². The van der Waals surface area contributed by atoms with Crippen LogP contribution in [0, 0.1) is 0 Å². The van der Waals surface area contributed by atoms with Crippen molar-refractivity contribution in [3.05, 3.63) is 42.5 Å². The molecule has 1 heterocycles. The molecule has 2 aromatic rings. The van der Waals surface area contributed by atoms with Gasteiger partial charge in [-0.05, 0) is 18.4 Å². The smallest absolute Gasteiger partial charge is 0.326 e. The van der Waals surface area contributed by atoms with E-state index >= 15 is 0 Å². The van der Waals surface area contributed by atoms with Crippen LogP contribution in [-0.4, -0.2) is 18.0 Å². The van der Waals surface area contributed by atoms with Crippen LogP contribution in [-0.2, 0) is 4.79 Å². The fourth-order valence-electron chi connectivity index (χ4n) is 2.24. The van der Waals surface area contributed by atoms with Crippen LogP contribution in [0.25, 0.3) is 10.8 Å². The minimum absolute atomic E-state index is 0.212. The van der Waals surface area contributed by atoms with Crippen molar-refractivity contribution in [2.75, 3.05) is 4.90 Å². The number of anilines is 1. The average molecular weight is 240 g/mol. The average Bonchev–Trinajstić information content (AvgIpc) is 2.63. The monoisotopic (exact) mass is 240 g/mol. The van der Waals surface area contributed by atoms with Crippen LogP contribution in [0.2, 0.25) is 0 Å². The molecule has 1 saturated heterocycles. The molecular weight excluding hydrogens is 228 g/mol. The third-order valence-electron chi connectivity index (χ3n) is 3.14. The maximum Gasteiger partial charge on any atom is 0.329 e. The molecule has 0 saturated carbocycles. The zero-order valence-corrected chi connectivity index (χ0v) is 9.88. The van der Waals surface area contributed by atoms with Crippen molar-refractivity contribution >= 4 is 28.4 Å². The SMILES string of the molecule is CC1NC(=O)N(c2cccc3ccccc23)C1=O. The summed E-state index contributed by atoms with van der Waals surface area (Å²) < 4.78 is 0. The fraction of sp³-hybridized carbons (Fsp3) is 0.143. The summed E-state index contributed by atoms with van der Waals surface area (Å²) in [5.41, 5.74) is 0.639. The van der Waals surface area contributed by atoms with Gasteiger partial charge in [0.2, 0.25) is 0 Å². The van der Waals surface area contributed by atoms with Gasteiger partial charge >= 0.3 is 6.03 Å². The van der Waals surface area contributed by atoms with Gasteiger partial charge in [-0.25, -0.2) is 9.69 Å². The first-order valence-electron chi connectivity index (χ1n) is 5.81. The third-order valence-corrected chi connectivity index (χ3v) is 3.14. The number of hydrogen-bond donors (Lipinski definition) is 1. The molecule has 3 amide bonds. The van der Waals surface area contributed by atoms with Crippen molar-refractivity contribution in [1.82, 2.24) is 5.32 Å². The Kier molecular flexibility index (Phi) is 2.30. The minimum atomic E-state index is -0.462. The van der Waals surface area contributed by atoms with Crippen LogP contribution >= 0.6 is 0 Å². The van der Waals surface area contributed by atoms with E-state index in [9.17, 15) is 9.59 Å². The first-order valence-corrected chi connectivity index (χ1v) is 5.81. The van der Waals surface area contributed by atoms with Crippen molar-refractivity contribution in [2.45, 2.75) is 13.0 Å². The number of carbonyl (C=O) groups excluding carboxylic acids is 2. The number of rotatable bonds is 1. The molecular formula is C14H12N2O2. The van der Waals surface area contributed by atoms with E-state index in [-0.39, 0.29) is 11.9 Å². The quantitative estimate of drug-likeness (QED) is 0.777. The molecule has 1 fully saturated rings. The molecule has 1 aliphatic heterocycles. The highest BCUT2D eigenvalue weighted by Crippen LogP contribution is 2.28. The van der Waals surface area contributed by atoms with Crippen LogP contribution in [0.15, 0.2) is 42.5 Å². The van der Waals surface area contributed by atoms with E-state index in [2.05, 4.69) is 5.32 Å². The Hall–Kier alpha value is -2.36. The minimum Gasteiger partial charge on any atom is -0.326 e. The molecule has 4 nitrogen and oxygen atoms in total. The van der Waals surface area contributed by atoms with E-state index in [4.69, 9.17) is 0 Å². The van der Waals surface area contributed by atoms with Gasteiger partial charge in [-0.1, -0.05) is 36.4 Å². The Labute approximate surface area is 104 Å². The molecule has 0 radical (unpaired) electrons. The summed E-state index contributed by atoms with van der Waals surface area (Å²) >= 11 is 0. The fourth-order valence-corrected chi connectivity index (χ4v) is 2.24. The van der Waals surface area contributed by atoms with Gasteiger partial charge in [-0.3, -0.25) is 4.79 Å². The molecule has 0 bridgehead atoms. The van der Waals surface area contributed by atoms with Crippen LogP contribution in [0.3, 0.4) is 0 Å². The van der Waals surface area contributed by atoms with Crippen molar-refractivity contribution in [3.8, 4) is 0 Å². The second-order valence-electron chi connectivity index (χ2n) is 4.34. The van der Waals surface area contributed by atoms with Crippen molar-refractivity contribution in [2.24, 2.45) is 0 Å². The first kappa shape index (κ1) is 10.8. The molecule has 18 heavy (non-hydrogen) atoms. The summed E-state index contributed by atoms with van der Waals surface area (Å²) in [4.78, 5) is 25.1. The second kappa shape index (κ2) is 3.84. The maximum absolute atomic E-state index is 12.0. The number of nitrogens with zero attached hydrogens (tertiary/aromatic N) is 1. The molecule has 0 spiro atoms. The highest BCUT2D eigenvalue weighted by atomic mass is 16.2. The lowest BCUT2D eigenvalue weighted by molar-refractivity contribution is -0.117. The van der Waals surface area contributed by atoms with Gasteiger partial charge < -0.3 is 5.32 Å². The van der Waals surface area contributed by atoms with E-state index < -0.39 is 6.04 Å². The van der Waals surface area contributed by atoms with Crippen LogP contribution in [0.1, 0.15) is 6.92 Å². The molecule has 1 atom stereocenters. The summed E-state index contributed by atoms with van der Waals surface area (Å²) in [6.07, 6.45) is 0. The lowest BCUT2D eigenvalue weighted by atomic mass is 10.1. The second-order valence-corrected chi connectivity index (χ2v) is 4.34. The molecule has 3 rings (SSSR count). The molecule has 90 valence electrons. The van der Waals surface area contributed by atoms with Gasteiger partial charge in [0.15, 0.2) is 0 Å². The van der Waals surface area contributed by atoms with Crippen molar-refractivity contribution in [3.63, 3.8) is 0 Å². The van der Waals surface area contributed by atoms with Gasteiger partial charge in [-0.2, -0.15) is 0 Å². The summed E-state index contributed by atoms with van der Waals surface area (Å²) in [5.74, 6) is -0.212. The Morgan fingerprint density at radius 2 is 1.78 bits per heavy atom. The van der Waals surface area contributed by atoms with Gasteiger partial charge in [0.05, 0.1) is 5.69 Å². The standard InChI is InChI=1S/C14H12N2O2/c1-9-13(17)16(14(18)15-9)12-8-4-6-10-5-2-3-7-11(10)12/h2-9H,1H3,(H,15,18). The number of hydrogen-bond acceptors (Lipinski definition) is 2. The van der Waals surface area contributed by atoms with Gasteiger partial charge in [0.25, 0.3) is 5.91 Å². The summed E-state index contributed by atoms with van der Waals surface area (Å²) in [6, 6.07) is 12.5. The molecule has 4 heteroatoms. The molecule has 0 aromatic heterocycles. The largest absolute Gasteiger partial charge is 0.329 e. The predicted octanol–water partition coefficient (Wildman–Crippen LogP) is 2.28. The normalized spacial score (nSPS) is 19.4. The number of nitrogens with one attached hydrogen (secondary N) is 1. The molecule has 1 unspecified atom stereocenters. The molecule has 2 aromatic carbocycles. The number of amides is 3. The zero-order valence-electron chi connectivity index (χ0n) is 9.88. The number of benzene rings is 2. The highest BCUT2D eigenvalue weighted by Gasteiger charge is 2.36. The summed E-state index contributed by atoms with van der Waals surface area (Å²) in [5, 5.41) is 4.53. The summed E-state index contributed by atoms with van der Waals surface area (Å²) in [6.45, 7) is 1.69. The lowest BCUT2D eigenvalue weighted by Gasteiger charge is -2.15. The molecule has 1 aliphatic rings. The Morgan fingerprint density at radius 3 is 2.50 bits per heavy atom. The van der Waals surface area contributed by atoms with E-state index in [0.29, 0.717) is 5.69 Å². The van der Waals surface area contributed by atoms with Crippen LogP contribution in [0.5, 0.6) is 0 Å². The lowest BCUT2D eigenvalue weighted by Crippen LogP contribution is -2.31. The van der Waals surface area contributed by atoms with E-state index in [1.54, 1.807) is 13.0 Å². The van der Waals surface area contributed by atoms with Gasteiger partial charge in [0, 0.05) is 5.39 Å². The van der Waals surface area contributed by atoms with Crippen molar-refractivity contribution in [1.29, 1.82) is 0 Å². The number of carbonyl (C=O) groups is 2. The van der Waals surface area contributed by atoms with Crippen LogP contribution in [0.4, 0.5) is 10.5 Å². The Morgan fingerprint density at radius 1 is 1.06 bits per heavy atom.